The molecule has 0 saturated carbocycles. The lowest BCUT2D eigenvalue weighted by atomic mass is 9.95. The highest BCUT2D eigenvalue weighted by Crippen LogP contribution is 2.40. The second-order valence-corrected chi connectivity index (χ2v) is 8.37. The summed E-state index contributed by atoms with van der Waals surface area (Å²) in [5.74, 6) is -0.896. The molecule has 7 nitrogen and oxygen atoms in total. The minimum absolute atomic E-state index is 0.103. The Kier molecular flexibility index (Phi) is 7.20. The molecular weight excluding hydrogens is 406 g/mol. The maximum atomic E-state index is 13.1. The van der Waals surface area contributed by atoms with Crippen LogP contribution in [0.5, 0.6) is 5.75 Å². The quantitative estimate of drug-likeness (QED) is 0.389. The fourth-order valence-corrected chi connectivity index (χ4v) is 3.90. The molecule has 3 rings (SSSR count). The van der Waals surface area contributed by atoms with Crippen molar-refractivity contribution in [2.45, 2.75) is 12.5 Å². The van der Waals surface area contributed by atoms with Crippen molar-refractivity contribution in [2.75, 3.05) is 53.3 Å². The Bertz CT molecular complexity index is 1010. The average molecular weight is 438 g/mol. The number of carbonyl (C=O) groups is 2. The molecule has 2 aromatic rings. The van der Waals surface area contributed by atoms with Crippen molar-refractivity contribution in [3.05, 3.63) is 65.2 Å². The van der Waals surface area contributed by atoms with E-state index in [0.717, 1.165) is 17.8 Å². The highest BCUT2D eigenvalue weighted by Gasteiger charge is 2.45. The van der Waals surface area contributed by atoms with Crippen molar-refractivity contribution in [1.29, 1.82) is 0 Å². The molecule has 7 heteroatoms. The first kappa shape index (κ1) is 23.3. The number of likely N-dealkylation sites (tertiary alicyclic amines) is 1. The summed E-state index contributed by atoms with van der Waals surface area (Å²) < 4.78 is 5.25. The standard InChI is InChI=1S/C25H31N3O4/c1-26(2)14-7-15-28-22(17-10-12-19(13-11-17)27(3)4)21(24(30)25(28)31)23(29)18-8-6-9-20(16-18)32-5/h6,8-13,16,22,29H,7,14-15H2,1-5H3. The van der Waals surface area contributed by atoms with Gasteiger partial charge in [0.1, 0.15) is 11.5 Å². The predicted molar refractivity (Wildman–Crippen MR) is 126 cm³/mol. The Labute approximate surface area is 189 Å². The molecular formula is C25H31N3O4. The number of rotatable bonds is 8. The average Bonchev–Trinajstić information content (AvgIpc) is 3.03. The number of nitrogens with zero attached hydrogens (tertiary/aromatic N) is 3. The number of Topliss-reactive ketones (excluding diaryl/α,β-unsaturated/α-hetero) is 1. The van der Waals surface area contributed by atoms with Crippen molar-refractivity contribution in [3.63, 3.8) is 0 Å². The van der Waals surface area contributed by atoms with Gasteiger partial charge in [-0.15, -0.1) is 0 Å². The lowest BCUT2D eigenvalue weighted by molar-refractivity contribution is -0.139. The van der Waals surface area contributed by atoms with E-state index < -0.39 is 17.7 Å². The lowest BCUT2D eigenvalue weighted by Gasteiger charge is -2.26. The van der Waals surface area contributed by atoms with E-state index in [-0.39, 0.29) is 11.3 Å². The fraction of sp³-hybridized carbons (Fsp3) is 0.360. The second-order valence-electron chi connectivity index (χ2n) is 8.37. The van der Waals surface area contributed by atoms with E-state index in [0.29, 0.717) is 24.3 Å². The van der Waals surface area contributed by atoms with Gasteiger partial charge < -0.3 is 24.5 Å². The van der Waals surface area contributed by atoms with Crippen LogP contribution < -0.4 is 9.64 Å². The summed E-state index contributed by atoms with van der Waals surface area (Å²) in [4.78, 5) is 31.7. The molecule has 1 amide bonds. The molecule has 1 N–H and O–H groups in total. The van der Waals surface area contributed by atoms with E-state index in [9.17, 15) is 14.7 Å². The molecule has 0 aromatic heterocycles. The van der Waals surface area contributed by atoms with E-state index in [4.69, 9.17) is 4.74 Å². The van der Waals surface area contributed by atoms with Gasteiger partial charge in [-0.05, 0) is 56.9 Å². The molecule has 1 saturated heterocycles. The van der Waals surface area contributed by atoms with Gasteiger partial charge in [0, 0.05) is 31.9 Å². The molecule has 1 aliphatic rings. The number of ether oxygens (including phenoxy) is 1. The third-order valence-electron chi connectivity index (χ3n) is 5.61. The monoisotopic (exact) mass is 437 g/mol. The molecule has 1 atom stereocenters. The summed E-state index contributed by atoms with van der Waals surface area (Å²) in [6.07, 6.45) is 0.714. The van der Waals surface area contributed by atoms with Crippen LogP contribution in [0.4, 0.5) is 5.69 Å². The first-order valence-electron chi connectivity index (χ1n) is 10.6. The summed E-state index contributed by atoms with van der Waals surface area (Å²) in [5.41, 5.74) is 2.33. The van der Waals surface area contributed by atoms with E-state index in [1.165, 1.54) is 7.11 Å². The molecule has 0 aliphatic carbocycles. The zero-order valence-corrected chi connectivity index (χ0v) is 19.3. The maximum Gasteiger partial charge on any atom is 0.295 e. The molecule has 1 unspecified atom stereocenters. The van der Waals surface area contributed by atoms with Crippen LogP contribution in [0.25, 0.3) is 5.76 Å². The van der Waals surface area contributed by atoms with Crippen molar-refractivity contribution in [1.82, 2.24) is 9.80 Å². The number of aliphatic hydroxyl groups is 1. The Morgan fingerprint density at radius 2 is 1.75 bits per heavy atom. The minimum Gasteiger partial charge on any atom is -0.507 e. The number of benzene rings is 2. The van der Waals surface area contributed by atoms with Gasteiger partial charge in [0.05, 0.1) is 18.7 Å². The van der Waals surface area contributed by atoms with Crippen molar-refractivity contribution in [2.24, 2.45) is 0 Å². The number of hydrogen-bond donors (Lipinski definition) is 1. The Morgan fingerprint density at radius 1 is 1.06 bits per heavy atom. The summed E-state index contributed by atoms with van der Waals surface area (Å²) in [7, 11) is 9.37. The van der Waals surface area contributed by atoms with Crippen LogP contribution >= 0.6 is 0 Å². The minimum atomic E-state index is -0.670. The zero-order valence-electron chi connectivity index (χ0n) is 19.3. The fourth-order valence-electron chi connectivity index (χ4n) is 3.90. The van der Waals surface area contributed by atoms with Crippen LogP contribution in [-0.2, 0) is 9.59 Å². The van der Waals surface area contributed by atoms with Gasteiger partial charge in [0.2, 0.25) is 0 Å². The third kappa shape index (κ3) is 4.78. The van der Waals surface area contributed by atoms with Crippen LogP contribution in [0.1, 0.15) is 23.6 Å². The molecule has 1 aliphatic heterocycles. The van der Waals surface area contributed by atoms with E-state index in [2.05, 4.69) is 0 Å². The molecule has 32 heavy (non-hydrogen) atoms. The molecule has 0 bridgehead atoms. The Morgan fingerprint density at radius 3 is 2.34 bits per heavy atom. The molecule has 170 valence electrons. The number of methoxy groups -OCH3 is 1. The smallest absolute Gasteiger partial charge is 0.295 e. The summed E-state index contributed by atoms with van der Waals surface area (Å²) >= 11 is 0. The SMILES string of the molecule is COc1cccc(C(O)=C2C(=O)C(=O)N(CCCN(C)C)C2c2ccc(N(C)C)cc2)c1. The molecule has 1 heterocycles. The summed E-state index contributed by atoms with van der Waals surface area (Å²) in [6, 6.07) is 13.9. The van der Waals surface area contributed by atoms with E-state index in [1.807, 2.05) is 62.3 Å². The molecule has 0 radical (unpaired) electrons. The molecule has 1 fully saturated rings. The van der Waals surface area contributed by atoms with Crippen LogP contribution in [0.2, 0.25) is 0 Å². The molecule has 2 aromatic carbocycles. The van der Waals surface area contributed by atoms with Gasteiger partial charge in [-0.3, -0.25) is 9.59 Å². The lowest BCUT2D eigenvalue weighted by Crippen LogP contribution is -2.32. The van der Waals surface area contributed by atoms with Gasteiger partial charge in [-0.1, -0.05) is 24.3 Å². The maximum absolute atomic E-state index is 13.1. The number of anilines is 1. The second kappa shape index (κ2) is 9.87. The highest BCUT2D eigenvalue weighted by atomic mass is 16.5. The third-order valence-corrected chi connectivity index (χ3v) is 5.61. The van der Waals surface area contributed by atoms with Gasteiger partial charge in [0.25, 0.3) is 11.7 Å². The molecule has 0 spiro atoms. The number of ketones is 1. The summed E-state index contributed by atoms with van der Waals surface area (Å²) in [6.45, 7) is 1.20. The van der Waals surface area contributed by atoms with E-state index in [1.54, 1.807) is 29.2 Å². The normalized spacial score (nSPS) is 17.8. The van der Waals surface area contributed by atoms with Crippen molar-refractivity contribution in [3.8, 4) is 5.75 Å². The van der Waals surface area contributed by atoms with Crippen molar-refractivity contribution < 1.29 is 19.4 Å². The first-order valence-corrected chi connectivity index (χ1v) is 10.6. The Balaban J connectivity index is 2.09. The number of aliphatic hydroxyl groups excluding tert-OH is 1. The largest absolute Gasteiger partial charge is 0.507 e. The van der Waals surface area contributed by atoms with Crippen LogP contribution in [-0.4, -0.2) is 75.0 Å². The van der Waals surface area contributed by atoms with Crippen LogP contribution in [0, 0.1) is 0 Å². The summed E-state index contributed by atoms with van der Waals surface area (Å²) in [5, 5.41) is 11.1. The van der Waals surface area contributed by atoms with Gasteiger partial charge in [-0.25, -0.2) is 0 Å². The van der Waals surface area contributed by atoms with Gasteiger partial charge in [0.15, 0.2) is 0 Å². The van der Waals surface area contributed by atoms with Crippen molar-refractivity contribution >= 4 is 23.1 Å². The number of carbonyl (C=O) groups excluding carboxylic acids is 2. The van der Waals surface area contributed by atoms with Gasteiger partial charge >= 0.3 is 0 Å². The number of amides is 1. The van der Waals surface area contributed by atoms with Gasteiger partial charge in [-0.2, -0.15) is 0 Å². The first-order chi connectivity index (χ1) is 15.2. The van der Waals surface area contributed by atoms with Crippen LogP contribution in [0.3, 0.4) is 0 Å². The number of hydrogen-bond acceptors (Lipinski definition) is 6. The highest BCUT2D eigenvalue weighted by molar-refractivity contribution is 6.46. The van der Waals surface area contributed by atoms with E-state index >= 15 is 0 Å². The Hall–Kier alpha value is -3.32. The van der Waals surface area contributed by atoms with Crippen LogP contribution in [0.15, 0.2) is 54.1 Å². The topological polar surface area (TPSA) is 73.3 Å². The predicted octanol–water partition coefficient (Wildman–Crippen LogP) is 3.13. The zero-order chi connectivity index (χ0) is 23.4.